The Bertz CT molecular complexity index is 1230. The van der Waals surface area contributed by atoms with Gasteiger partial charge in [-0.25, -0.2) is 4.39 Å². The Hall–Kier alpha value is -4.35. The minimum atomic E-state index is -1.19. The van der Waals surface area contributed by atoms with E-state index >= 15 is 0 Å². The van der Waals surface area contributed by atoms with Crippen LogP contribution in [0.3, 0.4) is 0 Å². The predicted octanol–water partition coefficient (Wildman–Crippen LogP) is 2.48. The summed E-state index contributed by atoms with van der Waals surface area (Å²) in [6, 6.07) is 10.1. The number of phenols is 1. The van der Waals surface area contributed by atoms with E-state index in [1.807, 2.05) is 13.8 Å². The lowest BCUT2D eigenvalue weighted by Gasteiger charge is -2.30. The van der Waals surface area contributed by atoms with Crippen LogP contribution in [0.15, 0.2) is 48.5 Å². The van der Waals surface area contributed by atoms with Gasteiger partial charge in [-0.15, -0.1) is 10.2 Å². The first-order valence-corrected chi connectivity index (χ1v) is 12.2. The number of aromatic nitrogens is 4. The Kier molecular flexibility index (Phi) is 9.85. The van der Waals surface area contributed by atoms with E-state index in [1.54, 1.807) is 6.92 Å². The van der Waals surface area contributed by atoms with Crippen LogP contribution in [0, 0.1) is 11.7 Å². The van der Waals surface area contributed by atoms with Crippen molar-refractivity contribution in [2.45, 2.75) is 39.8 Å². The summed E-state index contributed by atoms with van der Waals surface area (Å²) in [5.41, 5.74) is 0.890. The molecule has 38 heavy (non-hydrogen) atoms. The topological polar surface area (TPSA) is 140 Å². The Morgan fingerprint density at radius 1 is 1.11 bits per heavy atom. The fraction of sp³-hybridized carbons (Fsp3) is 0.385. The summed E-state index contributed by atoms with van der Waals surface area (Å²) >= 11 is 0. The van der Waals surface area contributed by atoms with Crippen molar-refractivity contribution in [1.29, 1.82) is 0 Å². The molecule has 0 aliphatic heterocycles. The molecule has 0 saturated heterocycles. The Labute approximate surface area is 219 Å². The van der Waals surface area contributed by atoms with E-state index in [0.29, 0.717) is 23.6 Å². The first kappa shape index (κ1) is 28.2. The molecular weight excluding hydrogens is 495 g/mol. The Morgan fingerprint density at radius 3 is 2.42 bits per heavy atom. The molecule has 2 aromatic carbocycles. The molecule has 11 nitrogen and oxygen atoms in total. The van der Waals surface area contributed by atoms with Gasteiger partial charge in [-0.1, -0.05) is 26.0 Å². The molecule has 3 aromatic rings. The molecule has 0 saturated carbocycles. The monoisotopic (exact) mass is 526 g/mol. The van der Waals surface area contributed by atoms with Crippen LogP contribution in [0.5, 0.6) is 5.75 Å². The average Bonchev–Trinajstić information content (AvgIpc) is 3.33. The Balaban J connectivity index is 1.90. The second kappa shape index (κ2) is 13.3. The molecule has 2 N–H and O–H groups in total. The van der Waals surface area contributed by atoms with Gasteiger partial charge in [-0.2, -0.15) is 4.80 Å². The van der Waals surface area contributed by atoms with Crippen LogP contribution in [-0.4, -0.2) is 67.7 Å². The van der Waals surface area contributed by atoms with Crippen LogP contribution in [-0.2, 0) is 25.7 Å². The molecule has 202 valence electrons. The van der Waals surface area contributed by atoms with Gasteiger partial charge in [0.05, 0.1) is 6.61 Å². The number of rotatable bonds is 12. The fourth-order valence-electron chi connectivity index (χ4n) is 3.62. The lowest BCUT2D eigenvalue weighted by molar-refractivity contribution is -0.153. The number of esters is 1. The zero-order chi connectivity index (χ0) is 27.7. The van der Waals surface area contributed by atoms with Gasteiger partial charge < -0.3 is 20.1 Å². The first-order chi connectivity index (χ1) is 18.2. The van der Waals surface area contributed by atoms with Crippen molar-refractivity contribution in [3.05, 3.63) is 59.9 Å². The highest BCUT2D eigenvalue weighted by Gasteiger charge is 2.33. The quantitative estimate of drug-likeness (QED) is 0.343. The third-order valence-corrected chi connectivity index (χ3v) is 5.55. The average molecular weight is 527 g/mol. The zero-order valence-corrected chi connectivity index (χ0v) is 21.5. The maximum Gasteiger partial charge on any atom is 0.325 e. The maximum absolute atomic E-state index is 13.5. The number of aromatic hydroxyl groups is 1. The highest BCUT2D eigenvalue weighted by Crippen LogP contribution is 2.24. The van der Waals surface area contributed by atoms with E-state index in [-0.39, 0.29) is 18.2 Å². The van der Waals surface area contributed by atoms with Gasteiger partial charge in [0.2, 0.25) is 17.6 Å². The molecule has 0 radical (unpaired) electrons. The smallest absolute Gasteiger partial charge is 0.325 e. The highest BCUT2D eigenvalue weighted by atomic mass is 19.1. The van der Waals surface area contributed by atoms with Crippen LogP contribution in [0.1, 0.15) is 38.8 Å². The second-order valence-electron chi connectivity index (χ2n) is 8.94. The number of ether oxygens (including phenoxy) is 1. The number of nitrogens with one attached hydrogen (secondary N) is 1. The van der Waals surface area contributed by atoms with Crippen LogP contribution >= 0.6 is 0 Å². The van der Waals surface area contributed by atoms with E-state index < -0.39 is 42.7 Å². The predicted molar refractivity (Wildman–Crippen MR) is 135 cm³/mol. The summed E-state index contributed by atoms with van der Waals surface area (Å²) in [5, 5.41) is 24.6. The molecule has 2 amide bonds. The number of carbonyl (C=O) groups excluding carboxylic acids is 3. The second-order valence-corrected chi connectivity index (χ2v) is 8.94. The van der Waals surface area contributed by atoms with Gasteiger partial charge in [-0.3, -0.25) is 14.4 Å². The molecule has 0 unspecified atom stereocenters. The third kappa shape index (κ3) is 7.82. The largest absolute Gasteiger partial charge is 0.508 e. The molecule has 0 aliphatic rings. The van der Waals surface area contributed by atoms with E-state index in [2.05, 4.69) is 20.7 Å². The fourth-order valence-corrected chi connectivity index (χ4v) is 3.62. The van der Waals surface area contributed by atoms with E-state index in [9.17, 15) is 23.9 Å². The van der Waals surface area contributed by atoms with E-state index in [4.69, 9.17) is 4.74 Å². The van der Waals surface area contributed by atoms with Gasteiger partial charge in [0, 0.05) is 12.1 Å². The van der Waals surface area contributed by atoms with Crippen molar-refractivity contribution in [2.75, 3.05) is 19.7 Å². The number of amides is 2. The number of phenolic OH excluding ortho intramolecular Hbond substituents is 1. The van der Waals surface area contributed by atoms with Crippen LogP contribution in [0.2, 0.25) is 0 Å². The Morgan fingerprint density at radius 2 is 1.79 bits per heavy atom. The van der Waals surface area contributed by atoms with Crippen molar-refractivity contribution in [2.24, 2.45) is 5.92 Å². The van der Waals surface area contributed by atoms with Crippen molar-refractivity contribution in [3.8, 4) is 17.1 Å². The van der Waals surface area contributed by atoms with E-state index in [0.717, 1.165) is 16.1 Å². The maximum atomic E-state index is 13.5. The van der Waals surface area contributed by atoms with Gasteiger partial charge in [0.25, 0.3) is 0 Å². The summed E-state index contributed by atoms with van der Waals surface area (Å²) in [5.74, 6) is -1.75. The lowest BCUT2D eigenvalue weighted by atomic mass is 10.0. The summed E-state index contributed by atoms with van der Waals surface area (Å²) in [6.07, 6.45) is 0.717. The number of benzene rings is 2. The van der Waals surface area contributed by atoms with Crippen molar-refractivity contribution < 1.29 is 28.6 Å². The molecule has 1 aromatic heterocycles. The SMILES string of the molecule is CCOC(=O)CN(C(=O)Cn1nnc(-c2ccc(F)cc2)n1)[C@H](C(=O)NCCC(C)C)c1ccc(O)cc1. The van der Waals surface area contributed by atoms with Crippen molar-refractivity contribution in [3.63, 3.8) is 0 Å². The molecule has 0 fully saturated rings. The van der Waals surface area contributed by atoms with Crippen molar-refractivity contribution in [1.82, 2.24) is 30.4 Å². The zero-order valence-electron chi connectivity index (χ0n) is 21.5. The minimum absolute atomic E-state index is 0.0175. The number of hydrogen-bond acceptors (Lipinski definition) is 8. The number of tetrazole rings is 1. The van der Waals surface area contributed by atoms with Gasteiger partial charge in [0.15, 0.2) is 0 Å². The molecule has 0 spiro atoms. The molecule has 1 heterocycles. The van der Waals surface area contributed by atoms with Gasteiger partial charge >= 0.3 is 5.97 Å². The molecule has 3 rings (SSSR count). The van der Waals surface area contributed by atoms with Gasteiger partial charge in [-0.05, 0) is 66.4 Å². The standard InChI is InChI=1S/C26H31FN6O5/c1-4-38-23(36)16-32(22(35)15-33-30-25(29-31-33)19-5-9-20(27)10-6-19)24(18-7-11-21(34)12-8-18)26(37)28-14-13-17(2)3/h5-12,17,24,34H,4,13-16H2,1-3H3,(H,28,37)/t24-/m0/s1. The number of carbonyl (C=O) groups is 3. The number of halogens is 1. The normalized spacial score (nSPS) is 11.7. The van der Waals surface area contributed by atoms with Crippen molar-refractivity contribution >= 4 is 17.8 Å². The summed E-state index contributed by atoms with van der Waals surface area (Å²) in [6.45, 7) is 5.21. The van der Waals surface area contributed by atoms with Crippen LogP contribution in [0.25, 0.3) is 11.4 Å². The first-order valence-electron chi connectivity index (χ1n) is 12.2. The van der Waals surface area contributed by atoms with E-state index in [1.165, 1.54) is 48.5 Å². The molecule has 0 aliphatic carbocycles. The molecule has 1 atom stereocenters. The molecule has 0 bridgehead atoms. The molecular formula is C26H31FN6O5. The minimum Gasteiger partial charge on any atom is -0.508 e. The van der Waals surface area contributed by atoms with Crippen LogP contribution < -0.4 is 5.32 Å². The highest BCUT2D eigenvalue weighted by molar-refractivity contribution is 5.90. The third-order valence-electron chi connectivity index (χ3n) is 5.55. The summed E-state index contributed by atoms with van der Waals surface area (Å²) < 4.78 is 18.3. The summed E-state index contributed by atoms with van der Waals surface area (Å²) in [7, 11) is 0. The number of nitrogens with zero attached hydrogens (tertiary/aromatic N) is 5. The van der Waals surface area contributed by atoms with Gasteiger partial charge in [0.1, 0.15) is 30.7 Å². The summed E-state index contributed by atoms with van der Waals surface area (Å²) in [4.78, 5) is 41.5. The van der Waals surface area contributed by atoms with Crippen LogP contribution in [0.4, 0.5) is 4.39 Å². The lowest BCUT2D eigenvalue weighted by Crippen LogP contribution is -2.47. The number of hydrogen-bond donors (Lipinski definition) is 2. The molecule has 12 heteroatoms.